The largest absolute Gasteiger partial charge is 0.352 e. The van der Waals surface area contributed by atoms with Crippen molar-refractivity contribution in [1.82, 2.24) is 5.32 Å². The number of nitro groups is 1. The zero-order chi connectivity index (χ0) is 11.9. The van der Waals surface area contributed by atoms with Crippen molar-refractivity contribution in [1.29, 1.82) is 0 Å². The minimum atomic E-state index is -0.874. The van der Waals surface area contributed by atoms with Gasteiger partial charge in [-0.15, -0.1) is 0 Å². The molecule has 0 aromatic heterocycles. The molecular weight excluding hydrogens is 239 g/mol. The van der Waals surface area contributed by atoms with Gasteiger partial charge in [-0.2, -0.15) is 0 Å². The van der Waals surface area contributed by atoms with Gasteiger partial charge in [0.15, 0.2) is 10.8 Å². The highest BCUT2D eigenvalue weighted by molar-refractivity contribution is 6.33. The van der Waals surface area contributed by atoms with Crippen LogP contribution in [0.5, 0.6) is 0 Å². The summed E-state index contributed by atoms with van der Waals surface area (Å²) in [5.41, 5.74) is -0.464. The topological polar surface area (TPSA) is 72.2 Å². The van der Waals surface area contributed by atoms with Crippen molar-refractivity contribution >= 4 is 23.2 Å². The van der Waals surface area contributed by atoms with E-state index in [0.717, 1.165) is 6.07 Å². The molecule has 1 amide bonds. The molecule has 0 unspecified atom stereocenters. The summed E-state index contributed by atoms with van der Waals surface area (Å²) >= 11 is 5.52. The van der Waals surface area contributed by atoms with E-state index in [2.05, 4.69) is 5.32 Å². The third-order valence-corrected chi connectivity index (χ3v) is 2.75. The molecule has 5 nitrogen and oxygen atoms in total. The number of nitrogens with one attached hydrogen (secondary N) is 1. The molecule has 7 heteroatoms. The fourth-order valence-corrected chi connectivity index (χ4v) is 1.86. The number of carbonyl (C=O) groups is 1. The first-order chi connectivity index (χ1) is 7.52. The number of amides is 1. The molecule has 2 rings (SSSR count). The molecule has 84 valence electrons. The van der Waals surface area contributed by atoms with E-state index in [1.807, 2.05) is 0 Å². The second kappa shape index (κ2) is 3.71. The second-order valence-corrected chi connectivity index (χ2v) is 3.69. The number of hydrogen-bond donors (Lipinski definition) is 1. The monoisotopic (exact) mass is 244 g/mol. The molecule has 1 heterocycles. The minimum absolute atomic E-state index is 0.0140. The van der Waals surface area contributed by atoms with Crippen LogP contribution in [0.15, 0.2) is 6.07 Å². The van der Waals surface area contributed by atoms with Crippen LogP contribution >= 0.6 is 11.6 Å². The molecule has 16 heavy (non-hydrogen) atoms. The second-order valence-electron chi connectivity index (χ2n) is 3.31. The summed E-state index contributed by atoms with van der Waals surface area (Å²) < 4.78 is 13.7. The van der Waals surface area contributed by atoms with Gasteiger partial charge in [0.2, 0.25) is 0 Å². The van der Waals surface area contributed by atoms with Crippen molar-refractivity contribution in [3.8, 4) is 0 Å². The molecule has 0 spiro atoms. The Labute approximate surface area is 94.4 Å². The van der Waals surface area contributed by atoms with E-state index in [1.54, 1.807) is 0 Å². The van der Waals surface area contributed by atoms with Crippen LogP contribution in [-0.2, 0) is 6.42 Å². The summed E-state index contributed by atoms with van der Waals surface area (Å²) in [7, 11) is 0. The molecule has 0 bridgehead atoms. The van der Waals surface area contributed by atoms with Crippen molar-refractivity contribution in [2.75, 3.05) is 6.54 Å². The maximum Gasteiger partial charge on any atom is 0.291 e. The minimum Gasteiger partial charge on any atom is -0.352 e. The first-order valence-electron chi connectivity index (χ1n) is 4.46. The van der Waals surface area contributed by atoms with Crippen molar-refractivity contribution < 1.29 is 14.1 Å². The summed E-state index contributed by atoms with van der Waals surface area (Å²) in [6.45, 7) is 0.302. The Bertz CT molecular complexity index is 504. The molecule has 0 atom stereocenters. The van der Waals surface area contributed by atoms with Crippen LogP contribution in [0.1, 0.15) is 15.9 Å². The van der Waals surface area contributed by atoms with Gasteiger partial charge in [-0.25, -0.2) is 4.39 Å². The van der Waals surface area contributed by atoms with Crippen LogP contribution in [0.2, 0.25) is 5.02 Å². The summed E-state index contributed by atoms with van der Waals surface area (Å²) in [5, 5.41) is 12.5. The predicted molar refractivity (Wildman–Crippen MR) is 54.1 cm³/mol. The molecule has 1 aliphatic rings. The van der Waals surface area contributed by atoms with Crippen molar-refractivity contribution in [2.45, 2.75) is 6.42 Å². The van der Waals surface area contributed by atoms with Gasteiger partial charge in [-0.3, -0.25) is 14.9 Å². The molecule has 0 radical (unpaired) electrons. The lowest BCUT2D eigenvalue weighted by Gasteiger charge is -2.17. The van der Waals surface area contributed by atoms with Crippen molar-refractivity contribution in [3.05, 3.63) is 38.1 Å². The van der Waals surface area contributed by atoms with E-state index in [-0.39, 0.29) is 17.5 Å². The first kappa shape index (κ1) is 10.8. The van der Waals surface area contributed by atoms with E-state index in [1.165, 1.54) is 0 Å². The van der Waals surface area contributed by atoms with Crippen LogP contribution < -0.4 is 5.32 Å². The number of benzene rings is 1. The van der Waals surface area contributed by atoms with E-state index in [4.69, 9.17) is 11.6 Å². The molecule has 0 fully saturated rings. The Kier molecular flexibility index (Phi) is 2.51. The lowest BCUT2D eigenvalue weighted by molar-refractivity contribution is -0.384. The molecule has 1 N–H and O–H groups in total. The van der Waals surface area contributed by atoms with E-state index in [9.17, 15) is 19.3 Å². The third-order valence-electron chi connectivity index (χ3n) is 2.39. The standard InChI is InChI=1S/C9H6ClFN2O3/c10-7-6(13(15)16)3-5-4(8(7)11)1-2-12-9(5)14/h3H,1-2H2,(H,12,14). The van der Waals surface area contributed by atoms with Crippen molar-refractivity contribution in [2.24, 2.45) is 0 Å². The molecule has 1 aromatic rings. The average molecular weight is 245 g/mol. The SMILES string of the molecule is O=C1NCCc2c1cc([N+](=O)[O-])c(Cl)c2F. The smallest absolute Gasteiger partial charge is 0.291 e. The highest BCUT2D eigenvalue weighted by Crippen LogP contribution is 2.33. The molecule has 1 aliphatic heterocycles. The van der Waals surface area contributed by atoms with Crippen LogP contribution in [0.4, 0.5) is 10.1 Å². The van der Waals surface area contributed by atoms with E-state index in [0.29, 0.717) is 6.54 Å². The molecule has 0 saturated carbocycles. The third kappa shape index (κ3) is 1.51. The lowest BCUT2D eigenvalue weighted by atomic mass is 9.99. The number of rotatable bonds is 1. The average Bonchev–Trinajstić information content (AvgIpc) is 2.23. The van der Waals surface area contributed by atoms with Gasteiger partial charge in [-0.1, -0.05) is 11.6 Å². The molecule has 1 aromatic carbocycles. The summed E-state index contributed by atoms with van der Waals surface area (Å²) in [6.07, 6.45) is 0.282. The maximum absolute atomic E-state index is 13.7. The number of nitrogens with zero attached hydrogens (tertiary/aromatic N) is 1. The van der Waals surface area contributed by atoms with Gasteiger partial charge in [0.25, 0.3) is 11.6 Å². The van der Waals surface area contributed by atoms with Gasteiger partial charge in [0.1, 0.15) is 0 Å². The highest BCUT2D eigenvalue weighted by Gasteiger charge is 2.28. The van der Waals surface area contributed by atoms with Crippen LogP contribution in [0.25, 0.3) is 0 Å². The van der Waals surface area contributed by atoms with Crippen LogP contribution in [-0.4, -0.2) is 17.4 Å². The van der Waals surface area contributed by atoms with E-state index >= 15 is 0 Å². The van der Waals surface area contributed by atoms with Gasteiger partial charge in [0.05, 0.1) is 10.5 Å². The fraction of sp³-hybridized carbons (Fsp3) is 0.222. The van der Waals surface area contributed by atoms with Gasteiger partial charge in [0, 0.05) is 18.2 Å². The number of halogens is 2. The fourth-order valence-electron chi connectivity index (χ4n) is 1.63. The highest BCUT2D eigenvalue weighted by atomic mass is 35.5. The summed E-state index contributed by atoms with van der Waals surface area (Å²) in [5.74, 6) is -1.39. The quantitative estimate of drug-likeness (QED) is 0.603. The Balaban J connectivity index is 2.71. The number of nitro benzene ring substituents is 1. The lowest BCUT2D eigenvalue weighted by Crippen LogP contribution is -2.32. The van der Waals surface area contributed by atoms with E-state index < -0.39 is 27.4 Å². The Morgan fingerprint density at radius 1 is 1.56 bits per heavy atom. The molecule has 0 aliphatic carbocycles. The van der Waals surface area contributed by atoms with Crippen LogP contribution in [0.3, 0.4) is 0 Å². The van der Waals surface area contributed by atoms with Gasteiger partial charge in [-0.05, 0) is 6.42 Å². The van der Waals surface area contributed by atoms with Crippen LogP contribution in [0, 0.1) is 15.9 Å². The predicted octanol–water partition coefficient (Wildman–Crippen LogP) is 1.67. The Morgan fingerprint density at radius 3 is 2.88 bits per heavy atom. The zero-order valence-electron chi connectivity index (χ0n) is 7.92. The Morgan fingerprint density at radius 2 is 2.25 bits per heavy atom. The van der Waals surface area contributed by atoms with Gasteiger partial charge < -0.3 is 5.32 Å². The Hall–Kier alpha value is -1.69. The zero-order valence-corrected chi connectivity index (χ0v) is 8.68. The normalized spacial score (nSPS) is 14.2. The van der Waals surface area contributed by atoms with Gasteiger partial charge >= 0.3 is 0 Å². The van der Waals surface area contributed by atoms with Crippen molar-refractivity contribution in [3.63, 3.8) is 0 Å². The first-order valence-corrected chi connectivity index (χ1v) is 4.83. The number of fused-ring (bicyclic) bond motifs is 1. The maximum atomic E-state index is 13.7. The number of hydrogen-bond acceptors (Lipinski definition) is 3. The summed E-state index contributed by atoms with van der Waals surface area (Å²) in [4.78, 5) is 21.2. The summed E-state index contributed by atoms with van der Waals surface area (Å²) in [6, 6.07) is 1.01. The molecular formula is C9H6ClFN2O3. The number of carbonyl (C=O) groups excluding carboxylic acids is 1. The molecule has 0 saturated heterocycles.